The Bertz CT molecular complexity index is 148. The van der Waals surface area contributed by atoms with E-state index in [2.05, 4.69) is 24.1 Å². The molecular formula is C13H30N2O2. The Morgan fingerprint density at radius 3 is 2.18 bits per heavy atom. The van der Waals surface area contributed by atoms with E-state index in [-0.39, 0.29) is 0 Å². The van der Waals surface area contributed by atoms with Gasteiger partial charge in [0.2, 0.25) is 0 Å². The fourth-order valence-electron chi connectivity index (χ4n) is 1.71. The van der Waals surface area contributed by atoms with Crippen LogP contribution in [0.3, 0.4) is 0 Å². The maximum absolute atomic E-state index is 5.14. The molecule has 0 saturated carbocycles. The molecule has 0 spiro atoms. The number of rotatable bonds is 12. The van der Waals surface area contributed by atoms with Crippen LogP contribution in [0.1, 0.15) is 26.7 Å². The van der Waals surface area contributed by atoms with E-state index < -0.39 is 0 Å². The van der Waals surface area contributed by atoms with Gasteiger partial charge in [-0.05, 0) is 19.9 Å². The van der Waals surface area contributed by atoms with Crippen LogP contribution >= 0.6 is 0 Å². The smallest absolute Gasteiger partial charge is 0.0589 e. The monoisotopic (exact) mass is 246 g/mol. The van der Waals surface area contributed by atoms with Gasteiger partial charge in [0.25, 0.3) is 0 Å². The third kappa shape index (κ3) is 9.53. The zero-order chi connectivity index (χ0) is 12.9. The molecule has 0 saturated heterocycles. The summed E-state index contributed by atoms with van der Waals surface area (Å²) in [5.74, 6) is 0. The van der Waals surface area contributed by atoms with Crippen molar-refractivity contribution in [2.75, 3.05) is 53.6 Å². The van der Waals surface area contributed by atoms with Gasteiger partial charge in [-0.1, -0.05) is 13.3 Å². The van der Waals surface area contributed by atoms with Crippen molar-refractivity contribution in [1.82, 2.24) is 10.2 Å². The molecule has 0 aromatic rings. The van der Waals surface area contributed by atoms with E-state index in [4.69, 9.17) is 9.47 Å². The molecular weight excluding hydrogens is 216 g/mol. The normalized spacial score (nSPS) is 13.2. The van der Waals surface area contributed by atoms with Gasteiger partial charge in [-0.3, -0.25) is 4.90 Å². The molecule has 0 aromatic heterocycles. The van der Waals surface area contributed by atoms with Crippen molar-refractivity contribution < 1.29 is 9.47 Å². The third-order valence-electron chi connectivity index (χ3n) is 2.94. The molecule has 1 N–H and O–H groups in total. The van der Waals surface area contributed by atoms with Crippen LogP contribution in [0.15, 0.2) is 0 Å². The SMILES string of the molecule is CCCCNCC(C)N(CCOC)CCOC. The van der Waals surface area contributed by atoms with Crippen LogP contribution in [-0.4, -0.2) is 64.6 Å². The fraction of sp³-hybridized carbons (Fsp3) is 1.00. The minimum Gasteiger partial charge on any atom is -0.383 e. The lowest BCUT2D eigenvalue weighted by molar-refractivity contribution is 0.0916. The number of hydrogen-bond donors (Lipinski definition) is 1. The Labute approximate surface area is 107 Å². The maximum Gasteiger partial charge on any atom is 0.0589 e. The van der Waals surface area contributed by atoms with Crippen LogP contribution in [0, 0.1) is 0 Å². The molecule has 4 nitrogen and oxygen atoms in total. The molecule has 0 radical (unpaired) electrons. The van der Waals surface area contributed by atoms with Crippen LogP contribution in [0.4, 0.5) is 0 Å². The molecule has 0 aromatic carbocycles. The Morgan fingerprint density at radius 1 is 1.12 bits per heavy atom. The van der Waals surface area contributed by atoms with Gasteiger partial charge in [0, 0.05) is 39.9 Å². The molecule has 1 atom stereocenters. The summed E-state index contributed by atoms with van der Waals surface area (Å²) in [5.41, 5.74) is 0. The Hall–Kier alpha value is -0.160. The molecule has 0 aliphatic rings. The van der Waals surface area contributed by atoms with Gasteiger partial charge < -0.3 is 14.8 Å². The Kier molecular flexibility index (Phi) is 12.2. The number of methoxy groups -OCH3 is 2. The van der Waals surface area contributed by atoms with Gasteiger partial charge in [-0.15, -0.1) is 0 Å². The first kappa shape index (κ1) is 16.8. The van der Waals surface area contributed by atoms with Crippen molar-refractivity contribution >= 4 is 0 Å². The average Bonchev–Trinajstić information content (AvgIpc) is 2.34. The topological polar surface area (TPSA) is 33.7 Å². The highest BCUT2D eigenvalue weighted by atomic mass is 16.5. The first-order valence-corrected chi connectivity index (χ1v) is 6.68. The summed E-state index contributed by atoms with van der Waals surface area (Å²) in [6.45, 7) is 10.1. The van der Waals surface area contributed by atoms with Gasteiger partial charge in [0.15, 0.2) is 0 Å². The van der Waals surface area contributed by atoms with E-state index in [0.717, 1.165) is 39.4 Å². The van der Waals surface area contributed by atoms with Crippen molar-refractivity contribution in [3.63, 3.8) is 0 Å². The number of nitrogens with zero attached hydrogens (tertiary/aromatic N) is 1. The number of nitrogens with one attached hydrogen (secondary N) is 1. The molecule has 0 amide bonds. The van der Waals surface area contributed by atoms with E-state index in [1.807, 2.05) is 0 Å². The summed E-state index contributed by atoms with van der Waals surface area (Å²) in [6.07, 6.45) is 2.50. The van der Waals surface area contributed by atoms with Crippen molar-refractivity contribution in [3.8, 4) is 0 Å². The zero-order valence-corrected chi connectivity index (χ0v) is 12.0. The van der Waals surface area contributed by atoms with Crippen molar-refractivity contribution in [3.05, 3.63) is 0 Å². The van der Waals surface area contributed by atoms with Crippen LogP contribution < -0.4 is 5.32 Å². The lowest BCUT2D eigenvalue weighted by Crippen LogP contribution is -2.43. The highest BCUT2D eigenvalue weighted by Gasteiger charge is 2.12. The molecule has 0 bridgehead atoms. The van der Waals surface area contributed by atoms with Gasteiger partial charge in [-0.25, -0.2) is 0 Å². The molecule has 0 heterocycles. The third-order valence-corrected chi connectivity index (χ3v) is 2.94. The Balaban J connectivity index is 3.80. The number of hydrogen-bond acceptors (Lipinski definition) is 4. The summed E-state index contributed by atoms with van der Waals surface area (Å²) >= 11 is 0. The second-order valence-electron chi connectivity index (χ2n) is 4.43. The van der Waals surface area contributed by atoms with Crippen LogP contribution in [-0.2, 0) is 9.47 Å². The zero-order valence-electron chi connectivity index (χ0n) is 12.0. The lowest BCUT2D eigenvalue weighted by Gasteiger charge is -2.28. The second kappa shape index (κ2) is 12.3. The van der Waals surface area contributed by atoms with E-state index >= 15 is 0 Å². The predicted octanol–water partition coefficient (Wildman–Crippen LogP) is 1.36. The van der Waals surface area contributed by atoms with Crippen LogP contribution in [0.5, 0.6) is 0 Å². The number of ether oxygens (including phenoxy) is 2. The highest BCUT2D eigenvalue weighted by molar-refractivity contribution is 4.69. The summed E-state index contributed by atoms with van der Waals surface area (Å²) < 4.78 is 10.3. The minimum atomic E-state index is 0.525. The molecule has 0 rings (SSSR count). The largest absolute Gasteiger partial charge is 0.383 e. The standard InChI is InChI=1S/C13H30N2O2/c1-5-6-7-14-12-13(2)15(8-10-16-3)9-11-17-4/h13-14H,5-12H2,1-4H3. The van der Waals surface area contributed by atoms with Crippen molar-refractivity contribution in [1.29, 1.82) is 0 Å². The second-order valence-corrected chi connectivity index (χ2v) is 4.43. The molecule has 0 aliphatic carbocycles. The lowest BCUT2D eigenvalue weighted by atomic mass is 10.2. The molecule has 104 valence electrons. The summed E-state index contributed by atoms with van der Waals surface area (Å²) in [6, 6.07) is 0.525. The molecule has 4 heteroatoms. The highest BCUT2D eigenvalue weighted by Crippen LogP contribution is 1.98. The molecule has 0 fully saturated rings. The van der Waals surface area contributed by atoms with Gasteiger partial charge in [0.1, 0.15) is 0 Å². The van der Waals surface area contributed by atoms with Crippen molar-refractivity contribution in [2.24, 2.45) is 0 Å². The summed E-state index contributed by atoms with van der Waals surface area (Å²) in [7, 11) is 3.50. The summed E-state index contributed by atoms with van der Waals surface area (Å²) in [5, 5.41) is 3.50. The number of unbranched alkanes of at least 4 members (excludes halogenated alkanes) is 1. The van der Waals surface area contributed by atoms with E-state index in [1.165, 1.54) is 12.8 Å². The molecule has 17 heavy (non-hydrogen) atoms. The first-order chi connectivity index (χ1) is 8.26. The van der Waals surface area contributed by atoms with Gasteiger partial charge in [-0.2, -0.15) is 0 Å². The van der Waals surface area contributed by atoms with Crippen LogP contribution in [0.25, 0.3) is 0 Å². The van der Waals surface area contributed by atoms with Crippen LogP contribution in [0.2, 0.25) is 0 Å². The van der Waals surface area contributed by atoms with Gasteiger partial charge in [0.05, 0.1) is 13.2 Å². The first-order valence-electron chi connectivity index (χ1n) is 6.68. The quantitative estimate of drug-likeness (QED) is 0.527. The summed E-state index contributed by atoms with van der Waals surface area (Å²) in [4.78, 5) is 2.41. The molecule has 0 aliphatic heterocycles. The fourth-order valence-corrected chi connectivity index (χ4v) is 1.71. The Morgan fingerprint density at radius 2 is 1.71 bits per heavy atom. The predicted molar refractivity (Wildman–Crippen MR) is 72.6 cm³/mol. The van der Waals surface area contributed by atoms with E-state index in [1.54, 1.807) is 14.2 Å². The maximum atomic E-state index is 5.14. The van der Waals surface area contributed by atoms with Gasteiger partial charge >= 0.3 is 0 Å². The molecule has 1 unspecified atom stereocenters. The van der Waals surface area contributed by atoms with E-state index in [0.29, 0.717) is 6.04 Å². The van der Waals surface area contributed by atoms with Crippen molar-refractivity contribution in [2.45, 2.75) is 32.7 Å². The van der Waals surface area contributed by atoms with E-state index in [9.17, 15) is 0 Å². The minimum absolute atomic E-state index is 0.525. The average molecular weight is 246 g/mol.